The smallest absolute Gasteiger partial charge is 0.169 e. The van der Waals surface area contributed by atoms with Crippen molar-refractivity contribution < 1.29 is 13.6 Å². The van der Waals surface area contributed by atoms with Gasteiger partial charge in [0.05, 0.1) is 11.8 Å². The van der Waals surface area contributed by atoms with Crippen molar-refractivity contribution in [2.75, 3.05) is 0 Å². The highest BCUT2D eigenvalue weighted by molar-refractivity contribution is 9.10. The van der Waals surface area contributed by atoms with Gasteiger partial charge in [0.15, 0.2) is 5.78 Å². The van der Waals surface area contributed by atoms with Crippen LogP contribution in [-0.2, 0) is 13.5 Å². The Balaban J connectivity index is 2.12. The summed E-state index contributed by atoms with van der Waals surface area (Å²) in [6.45, 7) is 0. The van der Waals surface area contributed by atoms with Crippen LogP contribution in [0.3, 0.4) is 0 Å². The van der Waals surface area contributed by atoms with Crippen molar-refractivity contribution in [1.82, 2.24) is 9.78 Å². The highest BCUT2D eigenvalue weighted by Gasteiger charge is 2.18. The van der Waals surface area contributed by atoms with Crippen LogP contribution in [0.1, 0.15) is 22.3 Å². The Morgan fingerprint density at radius 1 is 1.37 bits per heavy atom. The Morgan fingerprint density at radius 2 is 2.00 bits per heavy atom. The second-order valence-corrected chi connectivity index (χ2v) is 5.11. The van der Waals surface area contributed by atoms with Crippen molar-refractivity contribution in [2.45, 2.75) is 12.8 Å². The molecule has 0 amide bonds. The molecule has 0 N–H and O–H groups in total. The van der Waals surface area contributed by atoms with Gasteiger partial charge in [0.25, 0.3) is 0 Å². The van der Waals surface area contributed by atoms with E-state index in [4.69, 9.17) is 0 Å². The molecule has 2 rings (SSSR count). The Morgan fingerprint density at radius 3 is 2.53 bits per heavy atom. The summed E-state index contributed by atoms with van der Waals surface area (Å²) in [5.74, 6) is -2.24. The molecule has 0 radical (unpaired) electrons. The van der Waals surface area contributed by atoms with Gasteiger partial charge < -0.3 is 0 Å². The molecule has 0 aliphatic rings. The summed E-state index contributed by atoms with van der Waals surface area (Å²) in [6.07, 6.45) is 3.84. The zero-order chi connectivity index (χ0) is 14.0. The highest BCUT2D eigenvalue weighted by Crippen LogP contribution is 2.21. The van der Waals surface area contributed by atoms with E-state index >= 15 is 0 Å². The molecule has 1 heterocycles. The van der Waals surface area contributed by atoms with E-state index in [1.54, 1.807) is 24.1 Å². The van der Waals surface area contributed by atoms with Gasteiger partial charge in [-0.15, -0.1) is 0 Å². The van der Waals surface area contributed by atoms with Gasteiger partial charge in [-0.1, -0.05) is 15.9 Å². The predicted octanol–water partition coefficient (Wildman–Crippen LogP) is 3.28. The minimum atomic E-state index is -0.844. The normalized spacial score (nSPS) is 10.7. The lowest BCUT2D eigenvalue weighted by atomic mass is 10.0. The minimum Gasteiger partial charge on any atom is -0.294 e. The highest BCUT2D eigenvalue weighted by atomic mass is 79.9. The molecule has 3 nitrogen and oxygen atoms in total. The molecule has 0 aliphatic carbocycles. The van der Waals surface area contributed by atoms with Gasteiger partial charge in [-0.2, -0.15) is 5.10 Å². The summed E-state index contributed by atoms with van der Waals surface area (Å²) in [7, 11) is 1.76. The lowest BCUT2D eigenvalue weighted by molar-refractivity contribution is 0.0974. The fraction of sp³-hybridized carbons (Fsp3) is 0.231. The molecule has 0 atom stereocenters. The third kappa shape index (κ3) is 3.26. The molecule has 0 spiro atoms. The molecular formula is C13H11BrF2N2O. The predicted molar refractivity (Wildman–Crippen MR) is 69.9 cm³/mol. The van der Waals surface area contributed by atoms with Crippen molar-refractivity contribution in [2.24, 2.45) is 7.05 Å². The third-order valence-electron chi connectivity index (χ3n) is 2.68. The van der Waals surface area contributed by atoms with E-state index in [-0.39, 0.29) is 10.9 Å². The van der Waals surface area contributed by atoms with Crippen molar-refractivity contribution in [1.29, 1.82) is 0 Å². The first-order valence-electron chi connectivity index (χ1n) is 5.62. The summed E-state index contributed by atoms with van der Waals surface area (Å²) in [5.41, 5.74) is 0.376. The van der Waals surface area contributed by atoms with Gasteiger partial charge in [-0.25, -0.2) is 8.78 Å². The fourth-order valence-corrected chi connectivity index (χ4v) is 2.19. The molecule has 2 aromatic rings. The second kappa shape index (κ2) is 5.61. The molecule has 0 unspecified atom stereocenters. The SMILES string of the molecule is Cn1cc(CCC(=O)c2c(F)cc(Br)cc2F)cn1. The second-order valence-electron chi connectivity index (χ2n) is 4.19. The zero-order valence-corrected chi connectivity index (χ0v) is 11.7. The zero-order valence-electron chi connectivity index (χ0n) is 10.2. The summed E-state index contributed by atoms with van der Waals surface area (Å²) < 4.78 is 29.1. The van der Waals surface area contributed by atoms with Crippen LogP contribution >= 0.6 is 15.9 Å². The summed E-state index contributed by atoms with van der Waals surface area (Å²) >= 11 is 2.97. The monoisotopic (exact) mass is 328 g/mol. The van der Waals surface area contributed by atoms with E-state index in [1.807, 2.05) is 0 Å². The van der Waals surface area contributed by atoms with E-state index in [2.05, 4.69) is 21.0 Å². The van der Waals surface area contributed by atoms with Gasteiger partial charge in [-0.3, -0.25) is 9.48 Å². The van der Waals surface area contributed by atoms with E-state index < -0.39 is 23.0 Å². The lowest BCUT2D eigenvalue weighted by Gasteiger charge is -2.04. The Hall–Kier alpha value is -1.56. The minimum absolute atomic E-state index is 0.0428. The Kier molecular flexibility index (Phi) is 4.09. The first-order chi connectivity index (χ1) is 8.97. The summed E-state index contributed by atoms with van der Waals surface area (Å²) in [4.78, 5) is 11.9. The van der Waals surface area contributed by atoms with Crippen LogP contribution < -0.4 is 0 Å². The molecule has 0 saturated heterocycles. The molecule has 100 valence electrons. The van der Waals surface area contributed by atoms with Crippen LogP contribution in [0.25, 0.3) is 0 Å². The molecule has 6 heteroatoms. The van der Waals surface area contributed by atoms with Crippen molar-refractivity contribution in [3.8, 4) is 0 Å². The van der Waals surface area contributed by atoms with Gasteiger partial charge in [0, 0.05) is 24.1 Å². The number of hydrogen-bond donors (Lipinski definition) is 0. The van der Waals surface area contributed by atoms with E-state index in [0.717, 1.165) is 17.7 Å². The molecule has 0 saturated carbocycles. The fourth-order valence-electron chi connectivity index (χ4n) is 1.79. The molecule has 0 bridgehead atoms. The average molecular weight is 329 g/mol. The lowest BCUT2D eigenvalue weighted by Crippen LogP contribution is -2.07. The van der Waals surface area contributed by atoms with Crippen LogP contribution in [0, 0.1) is 11.6 Å². The first kappa shape index (κ1) is 13.9. The van der Waals surface area contributed by atoms with E-state index in [0.29, 0.717) is 6.42 Å². The number of aromatic nitrogens is 2. The van der Waals surface area contributed by atoms with Crippen molar-refractivity contribution in [3.63, 3.8) is 0 Å². The summed E-state index contributed by atoms with van der Waals surface area (Å²) in [6, 6.07) is 2.17. The molecule has 19 heavy (non-hydrogen) atoms. The van der Waals surface area contributed by atoms with Gasteiger partial charge in [0.2, 0.25) is 0 Å². The van der Waals surface area contributed by atoms with E-state index in [1.165, 1.54) is 0 Å². The molecule has 1 aromatic heterocycles. The maximum Gasteiger partial charge on any atom is 0.169 e. The standard InChI is InChI=1S/C13H11BrF2N2O/c1-18-7-8(6-17-18)2-3-12(19)13-10(15)4-9(14)5-11(13)16/h4-7H,2-3H2,1H3. The van der Waals surface area contributed by atoms with Crippen LogP contribution in [0.2, 0.25) is 0 Å². The number of ketones is 1. The molecule has 1 aromatic carbocycles. The Bertz CT molecular complexity index is 602. The third-order valence-corrected chi connectivity index (χ3v) is 3.14. The largest absolute Gasteiger partial charge is 0.294 e. The number of nitrogens with zero attached hydrogens (tertiary/aromatic N) is 2. The van der Waals surface area contributed by atoms with Crippen LogP contribution in [0.5, 0.6) is 0 Å². The van der Waals surface area contributed by atoms with Crippen LogP contribution in [-0.4, -0.2) is 15.6 Å². The quantitative estimate of drug-likeness (QED) is 0.807. The number of rotatable bonds is 4. The number of Topliss-reactive ketones (excluding diaryl/α,β-unsaturated/α-hetero) is 1. The number of halogens is 3. The number of carbonyl (C=O) groups is 1. The summed E-state index contributed by atoms with van der Waals surface area (Å²) in [5, 5.41) is 3.97. The molecular weight excluding hydrogens is 318 g/mol. The maximum atomic E-state index is 13.6. The number of carbonyl (C=O) groups excluding carboxylic acids is 1. The number of hydrogen-bond acceptors (Lipinski definition) is 2. The van der Waals surface area contributed by atoms with E-state index in [9.17, 15) is 13.6 Å². The van der Waals surface area contributed by atoms with Crippen LogP contribution in [0.4, 0.5) is 8.78 Å². The van der Waals surface area contributed by atoms with Crippen molar-refractivity contribution >= 4 is 21.7 Å². The topological polar surface area (TPSA) is 34.9 Å². The van der Waals surface area contributed by atoms with Gasteiger partial charge in [0.1, 0.15) is 11.6 Å². The maximum absolute atomic E-state index is 13.6. The van der Waals surface area contributed by atoms with Gasteiger partial charge in [-0.05, 0) is 24.1 Å². The van der Waals surface area contributed by atoms with Crippen molar-refractivity contribution in [3.05, 3.63) is 51.8 Å². The number of aryl methyl sites for hydroxylation is 2. The molecule has 0 fully saturated rings. The van der Waals surface area contributed by atoms with Gasteiger partial charge >= 0.3 is 0 Å². The Labute approximate surface area is 117 Å². The molecule has 0 aliphatic heterocycles. The first-order valence-corrected chi connectivity index (χ1v) is 6.42. The number of benzene rings is 1. The average Bonchev–Trinajstić information content (AvgIpc) is 2.71. The van der Waals surface area contributed by atoms with Crippen LogP contribution in [0.15, 0.2) is 29.0 Å².